The van der Waals surface area contributed by atoms with Crippen LogP contribution in [0.5, 0.6) is 0 Å². The number of carbonyl (C=O) groups excluding carboxylic acids is 3. The third-order valence-electron chi connectivity index (χ3n) is 13.1. The standard InChI is InChI=1S/C66H114O6/c1-4-7-10-13-16-19-22-25-28-30-31-32-33-34-35-37-38-41-44-47-50-53-56-59-65(68)71-62-63(61-70-64(67)58-55-52-49-46-43-40-27-24-21-18-15-12-9-6-3)72-66(69)60-57-54-51-48-45-42-39-36-29-26-23-20-17-14-11-8-5-2/h8,11,15,17-18,20,22,24-27,29-31,63H,4-7,9-10,12-14,16,19,21,23,28,32-62H2,1-3H3/b11-8-,18-15-,20-17-,25-22-,27-24-,29-26-,31-30-. The number of unbranched alkanes of at least 4 members (excludes halogenated alkanes) is 30. The van der Waals surface area contributed by atoms with E-state index in [1.54, 1.807) is 0 Å². The smallest absolute Gasteiger partial charge is 0.306 e. The van der Waals surface area contributed by atoms with Crippen molar-refractivity contribution in [1.29, 1.82) is 0 Å². The number of esters is 3. The van der Waals surface area contributed by atoms with Gasteiger partial charge in [0.25, 0.3) is 0 Å². The van der Waals surface area contributed by atoms with Crippen LogP contribution in [0.1, 0.15) is 297 Å². The van der Waals surface area contributed by atoms with Crippen LogP contribution in [0.3, 0.4) is 0 Å². The van der Waals surface area contributed by atoms with Crippen LogP contribution in [0.4, 0.5) is 0 Å². The number of allylic oxidation sites excluding steroid dienone is 14. The molecular weight excluding hydrogens is 889 g/mol. The van der Waals surface area contributed by atoms with Crippen molar-refractivity contribution in [3.8, 4) is 0 Å². The van der Waals surface area contributed by atoms with E-state index in [0.717, 1.165) is 116 Å². The summed E-state index contributed by atoms with van der Waals surface area (Å²) in [6, 6.07) is 0. The Balaban J connectivity index is 4.35. The minimum atomic E-state index is -0.790. The van der Waals surface area contributed by atoms with E-state index in [9.17, 15) is 14.4 Å². The molecule has 6 heteroatoms. The van der Waals surface area contributed by atoms with Crippen LogP contribution in [0.25, 0.3) is 0 Å². The molecule has 414 valence electrons. The first-order chi connectivity index (χ1) is 35.5. The van der Waals surface area contributed by atoms with Crippen LogP contribution in [0.15, 0.2) is 85.1 Å². The topological polar surface area (TPSA) is 78.9 Å². The maximum Gasteiger partial charge on any atom is 0.306 e. The zero-order valence-corrected chi connectivity index (χ0v) is 47.4. The van der Waals surface area contributed by atoms with Gasteiger partial charge in [-0.05, 0) is 109 Å². The van der Waals surface area contributed by atoms with E-state index in [0.29, 0.717) is 19.3 Å². The zero-order valence-electron chi connectivity index (χ0n) is 47.4. The molecule has 0 aromatic carbocycles. The van der Waals surface area contributed by atoms with Gasteiger partial charge in [0, 0.05) is 19.3 Å². The van der Waals surface area contributed by atoms with Gasteiger partial charge in [0.2, 0.25) is 0 Å². The van der Waals surface area contributed by atoms with Gasteiger partial charge in [-0.2, -0.15) is 0 Å². The van der Waals surface area contributed by atoms with E-state index in [2.05, 4.69) is 106 Å². The predicted molar refractivity (Wildman–Crippen MR) is 311 cm³/mol. The lowest BCUT2D eigenvalue weighted by Gasteiger charge is -2.18. The Labute approximate surface area is 445 Å². The normalized spacial score (nSPS) is 12.7. The summed E-state index contributed by atoms with van der Waals surface area (Å²) >= 11 is 0. The van der Waals surface area contributed by atoms with Crippen molar-refractivity contribution in [2.24, 2.45) is 0 Å². The lowest BCUT2D eigenvalue weighted by atomic mass is 10.0. The molecular formula is C66H114O6. The molecule has 0 aliphatic rings. The minimum Gasteiger partial charge on any atom is -0.462 e. The summed E-state index contributed by atoms with van der Waals surface area (Å²) in [6.07, 6.45) is 78.6. The fourth-order valence-electron chi connectivity index (χ4n) is 8.50. The summed E-state index contributed by atoms with van der Waals surface area (Å²) in [4.78, 5) is 38.2. The van der Waals surface area contributed by atoms with Gasteiger partial charge in [0.05, 0.1) is 0 Å². The molecule has 1 unspecified atom stereocenters. The average Bonchev–Trinajstić information content (AvgIpc) is 3.38. The molecule has 6 nitrogen and oxygen atoms in total. The second-order valence-corrected chi connectivity index (χ2v) is 20.2. The Morgan fingerprint density at radius 2 is 0.556 bits per heavy atom. The van der Waals surface area contributed by atoms with Gasteiger partial charge in [0.1, 0.15) is 13.2 Å². The molecule has 0 heterocycles. The van der Waals surface area contributed by atoms with Crippen LogP contribution < -0.4 is 0 Å². The molecule has 0 amide bonds. The number of carbonyl (C=O) groups is 3. The van der Waals surface area contributed by atoms with E-state index in [-0.39, 0.29) is 31.1 Å². The van der Waals surface area contributed by atoms with Crippen molar-refractivity contribution < 1.29 is 28.6 Å². The van der Waals surface area contributed by atoms with Crippen molar-refractivity contribution in [1.82, 2.24) is 0 Å². The Morgan fingerprint density at radius 3 is 0.889 bits per heavy atom. The Morgan fingerprint density at radius 1 is 0.292 bits per heavy atom. The van der Waals surface area contributed by atoms with Crippen LogP contribution in [0.2, 0.25) is 0 Å². The zero-order chi connectivity index (χ0) is 52.2. The summed E-state index contributed by atoms with van der Waals surface area (Å²) in [6.45, 7) is 6.48. The largest absolute Gasteiger partial charge is 0.462 e. The van der Waals surface area contributed by atoms with Gasteiger partial charge in [-0.25, -0.2) is 0 Å². The van der Waals surface area contributed by atoms with Crippen molar-refractivity contribution >= 4 is 17.9 Å². The first kappa shape index (κ1) is 68.6. The molecule has 0 aliphatic carbocycles. The number of hydrogen-bond acceptors (Lipinski definition) is 6. The van der Waals surface area contributed by atoms with Crippen molar-refractivity contribution in [2.75, 3.05) is 13.2 Å². The van der Waals surface area contributed by atoms with Crippen LogP contribution in [0, 0.1) is 0 Å². The molecule has 0 saturated heterocycles. The summed E-state index contributed by atoms with van der Waals surface area (Å²) in [5.74, 6) is -0.903. The second kappa shape index (κ2) is 60.1. The quantitative estimate of drug-likeness (QED) is 0.0261. The van der Waals surface area contributed by atoms with Gasteiger partial charge in [0.15, 0.2) is 6.10 Å². The molecule has 0 N–H and O–H groups in total. The monoisotopic (exact) mass is 1000 g/mol. The summed E-state index contributed by atoms with van der Waals surface area (Å²) in [5, 5.41) is 0. The fourth-order valence-corrected chi connectivity index (χ4v) is 8.50. The summed E-state index contributed by atoms with van der Waals surface area (Å²) in [5.41, 5.74) is 0. The predicted octanol–water partition coefficient (Wildman–Crippen LogP) is 20.7. The lowest BCUT2D eigenvalue weighted by Crippen LogP contribution is -2.30. The summed E-state index contributed by atoms with van der Waals surface area (Å²) < 4.78 is 16.9. The average molecular weight is 1000 g/mol. The first-order valence-electron chi connectivity index (χ1n) is 30.6. The molecule has 0 spiro atoms. The summed E-state index contributed by atoms with van der Waals surface area (Å²) in [7, 11) is 0. The molecule has 0 aliphatic heterocycles. The molecule has 0 bridgehead atoms. The van der Waals surface area contributed by atoms with Gasteiger partial charge in [-0.15, -0.1) is 0 Å². The van der Waals surface area contributed by atoms with Gasteiger partial charge in [-0.1, -0.05) is 254 Å². The highest BCUT2D eigenvalue weighted by Gasteiger charge is 2.19. The number of ether oxygens (including phenoxy) is 3. The highest BCUT2D eigenvalue weighted by Crippen LogP contribution is 2.16. The van der Waals surface area contributed by atoms with Crippen LogP contribution >= 0.6 is 0 Å². The fraction of sp³-hybridized carbons (Fsp3) is 0.742. The molecule has 0 aromatic heterocycles. The third kappa shape index (κ3) is 57.5. The van der Waals surface area contributed by atoms with Gasteiger partial charge >= 0.3 is 17.9 Å². The van der Waals surface area contributed by atoms with E-state index in [1.165, 1.54) is 141 Å². The van der Waals surface area contributed by atoms with Gasteiger partial charge < -0.3 is 14.2 Å². The van der Waals surface area contributed by atoms with E-state index < -0.39 is 6.10 Å². The highest BCUT2D eigenvalue weighted by atomic mass is 16.6. The molecule has 0 rings (SSSR count). The van der Waals surface area contributed by atoms with Crippen molar-refractivity contribution in [2.45, 2.75) is 303 Å². The van der Waals surface area contributed by atoms with Crippen molar-refractivity contribution in [3.05, 3.63) is 85.1 Å². The minimum absolute atomic E-state index is 0.0857. The Hall–Kier alpha value is -3.41. The van der Waals surface area contributed by atoms with Crippen molar-refractivity contribution in [3.63, 3.8) is 0 Å². The maximum atomic E-state index is 12.9. The highest BCUT2D eigenvalue weighted by molar-refractivity contribution is 5.71. The molecule has 0 aromatic rings. The maximum absolute atomic E-state index is 12.9. The Kier molecular flexibility index (Phi) is 57.3. The SMILES string of the molecule is CC/C=C\C/C=C\C/C=C\CCCCCCCCCC(=O)OC(COC(=O)CCCCCCC/C=C\C/C=C\CCCC)COC(=O)CCCCCCCCCCCCC/C=C\C/C=C\CCCCCCC. The number of hydrogen-bond donors (Lipinski definition) is 0. The molecule has 0 saturated carbocycles. The van der Waals surface area contributed by atoms with E-state index in [4.69, 9.17) is 14.2 Å². The Bertz CT molecular complexity index is 1380. The molecule has 1 atom stereocenters. The van der Waals surface area contributed by atoms with Gasteiger partial charge in [-0.3, -0.25) is 14.4 Å². The third-order valence-corrected chi connectivity index (χ3v) is 13.1. The van der Waals surface area contributed by atoms with E-state index >= 15 is 0 Å². The molecule has 0 radical (unpaired) electrons. The van der Waals surface area contributed by atoms with Crippen LogP contribution in [-0.2, 0) is 28.6 Å². The molecule has 0 fully saturated rings. The second-order valence-electron chi connectivity index (χ2n) is 20.2. The van der Waals surface area contributed by atoms with E-state index in [1.807, 2.05) is 0 Å². The van der Waals surface area contributed by atoms with Crippen LogP contribution in [-0.4, -0.2) is 37.2 Å². The molecule has 72 heavy (non-hydrogen) atoms. The lowest BCUT2D eigenvalue weighted by molar-refractivity contribution is -0.167. The first-order valence-corrected chi connectivity index (χ1v) is 30.6. The number of rotatable bonds is 55.